The second kappa shape index (κ2) is 6.70. The molecule has 134 valence electrons. The summed E-state index contributed by atoms with van der Waals surface area (Å²) in [4.78, 5) is 29.1. The predicted molar refractivity (Wildman–Crippen MR) is 97.7 cm³/mol. The highest BCUT2D eigenvalue weighted by Crippen LogP contribution is 2.35. The number of benzene rings is 1. The molecule has 0 aromatic heterocycles. The van der Waals surface area contributed by atoms with Crippen molar-refractivity contribution < 1.29 is 9.59 Å². The number of anilines is 1. The van der Waals surface area contributed by atoms with E-state index in [1.807, 2.05) is 28.0 Å². The van der Waals surface area contributed by atoms with Crippen molar-refractivity contribution in [3.8, 4) is 0 Å². The first-order valence-corrected chi connectivity index (χ1v) is 9.59. The van der Waals surface area contributed by atoms with Crippen molar-refractivity contribution in [2.75, 3.05) is 24.5 Å². The molecule has 1 N–H and O–H groups in total. The Labute approximate surface area is 149 Å². The zero-order chi connectivity index (χ0) is 17.4. The fraction of sp³-hybridized carbons (Fsp3) is 0.600. The maximum absolute atomic E-state index is 12.8. The first-order chi connectivity index (χ1) is 12.1. The standard InChI is InChI=1S/C20H27N3O2/c1-14-12-23(18-9-5-4-8-17(14)18)20(25)21-16-10-11-22(13-16)19(24)15-6-2-3-7-15/h4-5,8-9,14-16H,2-3,6-7,10-13H2,1H3,(H,21,25). The Hall–Kier alpha value is -2.04. The molecule has 4 rings (SSSR count). The highest BCUT2D eigenvalue weighted by molar-refractivity contribution is 5.95. The van der Waals surface area contributed by atoms with Gasteiger partial charge in [-0.15, -0.1) is 0 Å². The number of hydrogen-bond donors (Lipinski definition) is 1. The van der Waals surface area contributed by atoms with Crippen molar-refractivity contribution in [3.63, 3.8) is 0 Å². The van der Waals surface area contributed by atoms with E-state index in [9.17, 15) is 9.59 Å². The van der Waals surface area contributed by atoms with Gasteiger partial charge in [0, 0.05) is 43.2 Å². The number of nitrogens with zero attached hydrogens (tertiary/aromatic N) is 2. The van der Waals surface area contributed by atoms with Gasteiger partial charge in [0.25, 0.3) is 0 Å². The Bertz CT molecular complexity index is 669. The van der Waals surface area contributed by atoms with Gasteiger partial charge >= 0.3 is 6.03 Å². The van der Waals surface area contributed by atoms with E-state index in [0.29, 0.717) is 18.4 Å². The van der Waals surface area contributed by atoms with E-state index in [4.69, 9.17) is 0 Å². The summed E-state index contributed by atoms with van der Waals surface area (Å²) in [6, 6.07) is 8.17. The highest BCUT2D eigenvalue weighted by Gasteiger charge is 2.35. The Kier molecular flexibility index (Phi) is 4.40. The number of amides is 3. The minimum Gasteiger partial charge on any atom is -0.340 e. The van der Waals surface area contributed by atoms with E-state index in [2.05, 4.69) is 18.3 Å². The Morgan fingerprint density at radius 2 is 1.84 bits per heavy atom. The number of likely N-dealkylation sites (tertiary alicyclic amines) is 1. The number of hydrogen-bond acceptors (Lipinski definition) is 2. The van der Waals surface area contributed by atoms with E-state index in [1.54, 1.807) is 0 Å². The lowest BCUT2D eigenvalue weighted by atomic mass is 10.0. The molecule has 5 nitrogen and oxygen atoms in total. The fourth-order valence-electron chi connectivity index (χ4n) is 4.57. The second-order valence-electron chi connectivity index (χ2n) is 7.77. The van der Waals surface area contributed by atoms with Gasteiger partial charge in [-0.25, -0.2) is 4.79 Å². The maximum atomic E-state index is 12.8. The van der Waals surface area contributed by atoms with Gasteiger partial charge in [0.15, 0.2) is 0 Å². The van der Waals surface area contributed by atoms with Crippen LogP contribution in [0.1, 0.15) is 50.5 Å². The molecule has 0 spiro atoms. The molecule has 1 saturated heterocycles. The summed E-state index contributed by atoms with van der Waals surface area (Å²) in [6.07, 6.45) is 5.28. The van der Waals surface area contributed by atoms with Gasteiger partial charge in [0.05, 0.1) is 0 Å². The molecule has 1 aromatic rings. The average molecular weight is 341 g/mol. The minimum atomic E-state index is -0.0306. The van der Waals surface area contributed by atoms with Gasteiger partial charge in [0.2, 0.25) is 5.91 Å². The van der Waals surface area contributed by atoms with E-state index in [0.717, 1.165) is 38.0 Å². The molecule has 2 atom stereocenters. The van der Waals surface area contributed by atoms with E-state index in [1.165, 1.54) is 18.4 Å². The molecule has 0 bridgehead atoms. The van der Waals surface area contributed by atoms with E-state index >= 15 is 0 Å². The summed E-state index contributed by atoms with van der Waals surface area (Å²) < 4.78 is 0. The molecule has 2 fully saturated rings. The largest absolute Gasteiger partial charge is 0.340 e. The van der Waals surface area contributed by atoms with Crippen molar-refractivity contribution in [1.82, 2.24) is 10.2 Å². The summed E-state index contributed by atoms with van der Waals surface area (Å²) in [7, 11) is 0. The lowest BCUT2D eigenvalue weighted by molar-refractivity contribution is -0.134. The summed E-state index contributed by atoms with van der Waals surface area (Å²) in [5.74, 6) is 0.890. The van der Waals surface area contributed by atoms with Gasteiger partial charge in [-0.05, 0) is 30.9 Å². The number of nitrogens with one attached hydrogen (secondary N) is 1. The molecule has 2 heterocycles. The monoisotopic (exact) mass is 341 g/mol. The topological polar surface area (TPSA) is 52.7 Å². The minimum absolute atomic E-state index is 0.0306. The third kappa shape index (κ3) is 3.12. The normalized spacial score (nSPS) is 26.1. The number of para-hydroxylation sites is 1. The first kappa shape index (κ1) is 16.4. The summed E-state index contributed by atoms with van der Waals surface area (Å²) in [6.45, 7) is 4.31. The van der Waals surface area contributed by atoms with Gasteiger partial charge < -0.3 is 10.2 Å². The Morgan fingerprint density at radius 3 is 2.64 bits per heavy atom. The third-order valence-corrected chi connectivity index (χ3v) is 5.99. The zero-order valence-electron chi connectivity index (χ0n) is 14.9. The van der Waals surface area contributed by atoms with Crippen LogP contribution >= 0.6 is 0 Å². The van der Waals surface area contributed by atoms with Crippen molar-refractivity contribution in [3.05, 3.63) is 29.8 Å². The van der Waals surface area contributed by atoms with Gasteiger partial charge in [0.1, 0.15) is 0 Å². The molecule has 0 radical (unpaired) electrons. The highest BCUT2D eigenvalue weighted by atomic mass is 16.2. The van der Waals surface area contributed by atoms with Crippen molar-refractivity contribution in [1.29, 1.82) is 0 Å². The van der Waals surface area contributed by atoms with Crippen LogP contribution in [-0.4, -0.2) is 42.5 Å². The third-order valence-electron chi connectivity index (χ3n) is 5.99. The zero-order valence-corrected chi connectivity index (χ0v) is 14.9. The SMILES string of the molecule is CC1CN(C(=O)NC2CCN(C(=O)C3CCCC3)C2)c2ccccc21. The smallest absolute Gasteiger partial charge is 0.322 e. The van der Waals surface area contributed by atoms with Crippen LogP contribution in [0.15, 0.2) is 24.3 Å². The fourth-order valence-corrected chi connectivity index (χ4v) is 4.57. The number of urea groups is 1. The number of carbonyl (C=O) groups excluding carboxylic acids is 2. The van der Waals surface area contributed by atoms with Crippen LogP contribution in [0, 0.1) is 5.92 Å². The average Bonchev–Trinajstić information content (AvgIpc) is 3.35. The van der Waals surface area contributed by atoms with E-state index in [-0.39, 0.29) is 18.0 Å². The molecule has 25 heavy (non-hydrogen) atoms. The lowest BCUT2D eigenvalue weighted by Crippen LogP contribution is -2.46. The van der Waals surface area contributed by atoms with Crippen LogP contribution in [0.2, 0.25) is 0 Å². The van der Waals surface area contributed by atoms with Crippen LogP contribution in [-0.2, 0) is 4.79 Å². The molecule has 1 aromatic carbocycles. The summed E-state index contributed by atoms with van der Waals surface area (Å²) >= 11 is 0. The van der Waals surface area contributed by atoms with Crippen molar-refractivity contribution in [2.24, 2.45) is 5.92 Å². The molecular weight excluding hydrogens is 314 g/mol. The second-order valence-corrected chi connectivity index (χ2v) is 7.77. The van der Waals surface area contributed by atoms with Crippen LogP contribution in [0.3, 0.4) is 0 Å². The number of rotatable bonds is 2. The molecule has 1 saturated carbocycles. The summed E-state index contributed by atoms with van der Waals surface area (Å²) in [5.41, 5.74) is 2.26. The Morgan fingerprint density at radius 1 is 1.08 bits per heavy atom. The molecular formula is C20H27N3O2. The lowest BCUT2D eigenvalue weighted by Gasteiger charge is -2.23. The van der Waals surface area contributed by atoms with Crippen molar-refractivity contribution >= 4 is 17.6 Å². The summed E-state index contributed by atoms with van der Waals surface area (Å²) in [5, 5.41) is 3.15. The van der Waals surface area contributed by atoms with Crippen LogP contribution in [0.5, 0.6) is 0 Å². The van der Waals surface area contributed by atoms with Crippen LogP contribution < -0.4 is 10.2 Å². The quantitative estimate of drug-likeness (QED) is 0.898. The van der Waals surface area contributed by atoms with Crippen LogP contribution in [0.4, 0.5) is 10.5 Å². The first-order valence-electron chi connectivity index (χ1n) is 9.59. The van der Waals surface area contributed by atoms with Crippen molar-refractivity contribution in [2.45, 2.75) is 51.0 Å². The van der Waals surface area contributed by atoms with Gasteiger partial charge in [-0.3, -0.25) is 9.69 Å². The molecule has 5 heteroatoms. The van der Waals surface area contributed by atoms with E-state index < -0.39 is 0 Å². The maximum Gasteiger partial charge on any atom is 0.322 e. The molecule has 2 unspecified atom stereocenters. The molecule has 2 aliphatic heterocycles. The molecule has 1 aliphatic carbocycles. The molecule has 3 aliphatic rings. The number of carbonyl (C=O) groups is 2. The number of fused-ring (bicyclic) bond motifs is 1. The predicted octanol–water partition coefficient (Wildman–Crippen LogP) is 3.11. The van der Waals surface area contributed by atoms with Gasteiger partial charge in [-0.1, -0.05) is 38.0 Å². The van der Waals surface area contributed by atoms with Gasteiger partial charge in [-0.2, -0.15) is 0 Å². The van der Waals surface area contributed by atoms with Crippen LogP contribution in [0.25, 0.3) is 0 Å². The molecule has 3 amide bonds. The Balaban J connectivity index is 1.36.